The average Bonchev–Trinajstić information content (AvgIpc) is 3.30. The smallest absolute Gasteiger partial charge is 0.294 e. The molecule has 10 heteroatoms. The highest BCUT2D eigenvalue weighted by Crippen LogP contribution is 2.33. The normalized spacial score (nSPS) is 12.4. The fourth-order valence-corrected chi connectivity index (χ4v) is 4.06. The fraction of sp³-hybridized carbons (Fsp3) is 0.300. The summed E-state index contributed by atoms with van der Waals surface area (Å²) in [7, 11) is 0. The number of carbonyl (C=O) groups is 1. The second kappa shape index (κ2) is 7.86. The Bertz CT molecular complexity index is 1200. The van der Waals surface area contributed by atoms with Crippen molar-refractivity contribution in [3.63, 3.8) is 0 Å². The summed E-state index contributed by atoms with van der Waals surface area (Å²) in [4.78, 5) is 24.7. The molecule has 2 aromatic heterocycles. The number of benzene rings is 1. The Balaban J connectivity index is 1.51. The third kappa shape index (κ3) is 3.65. The van der Waals surface area contributed by atoms with Crippen LogP contribution in [0.3, 0.4) is 0 Å². The summed E-state index contributed by atoms with van der Waals surface area (Å²) in [6.07, 6.45) is 0. The van der Waals surface area contributed by atoms with Crippen LogP contribution in [0.2, 0.25) is 0 Å². The number of ether oxygens (including phenoxy) is 2. The van der Waals surface area contributed by atoms with Gasteiger partial charge in [-0.15, -0.1) is 10.2 Å². The first-order chi connectivity index (χ1) is 14.3. The van der Waals surface area contributed by atoms with Crippen LogP contribution >= 0.6 is 11.8 Å². The molecule has 0 bridgehead atoms. The second-order valence-electron chi connectivity index (χ2n) is 7.01. The van der Waals surface area contributed by atoms with Crippen molar-refractivity contribution < 1.29 is 14.3 Å². The van der Waals surface area contributed by atoms with Crippen LogP contribution in [0.25, 0.3) is 0 Å². The topological polar surface area (TPSA) is 114 Å². The van der Waals surface area contributed by atoms with E-state index in [2.05, 4.69) is 14.8 Å². The maximum atomic E-state index is 12.8. The second-order valence-corrected chi connectivity index (χ2v) is 7.96. The van der Waals surface area contributed by atoms with E-state index in [0.717, 1.165) is 44.9 Å². The Morgan fingerprint density at radius 2 is 1.93 bits per heavy atom. The molecule has 2 N–H and O–H groups in total. The molecule has 0 radical (unpaired) electrons. The first-order valence-corrected chi connectivity index (χ1v) is 10.3. The van der Waals surface area contributed by atoms with Gasteiger partial charge in [0.05, 0.1) is 5.75 Å². The Kier molecular flexibility index (Phi) is 5.25. The summed E-state index contributed by atoms with van der Waals surface area (Å²) in [6, 6.07) is 7.71. The van der Waals surface area contributed by atoms with Crippen molar-refractivity contribution in [1.29, 1.82) is 0 Å². The van der Waals surface area contributed by atoms with Gasteiger partial charge in [0.25, 0.3) is 5.56 Å². The van der Waals surface area contributed by atoms with E-state index in [1.54, 1.807) is 0 Å². The number of nitrogens with two attached hydrogens (primary N) is 1. The molecular formula is C20H21N5O4S. The highest BCUT2D eigenvalue weighted by molar-refractivity contribution is 7.99. The molecule has 0 saturated heterocycles. The van der Waals surface area contributed by atoms with Gasteiger partial charge in [-0.1, -0.05) is 17.8 Å². The predicted molar refractivity (Wildman–Crippen MR) is 112 cm³/mol. The molecular weight excluding hydrogens is 406 g/mol. The van der Waals surface area contributed by atoms with Crippen LogP contribution in [-0.4, -0.2) is 37.8 Å². The summed E-state index contributed by atoms with van der Waals surface area (Å²) in [6.45, 7) is 6.27. The van der Waals surface area contributed by atoms with Gasteiger partial charge in [-0.2, -0.15) is 4.68 Å². The van der Waals surface area contributed by atoms with E-state index >= 15 is 0 Å². The molecule has 1 aliphatic rings. The molecule has 4 rings (SSSR count). The average molecular weight is 427 g/mol. The van der Waals surface area contributed by atoms with Crippen LogP contribution in [0, 0.1) is 20.8 Å². The van der Waals surface area contributed by atoms with Crippen molar-refractivity contribution in [3.05, 3.63) is 62.8 Å². The maximum Gasteiger partial charge on any atom is 0.294 e. The standard InChI is InChI=1S/C20H21N5O4S/c1-11-6-15(16(26)9-30-20-23-22-12(2)19(27)25(20)21)13(3)24(11)8-14-4-5-17-18(7-14)29-10-28-17/h4-7H,8-10,21H2,1-3H3. The molecule has 0 atom stereocenters. The zero-order chi connectivity index (χ0) is 21.4. The molecule has 9 nitrogen and oxygen atoms in total. The zero-order valence-electron chi connectivity index (χ0n) is 16.8. The van der Waals surface area contributed by atoms with Crippen LogP contribution in [-0.2, 0) is 6.54 Å². The van der Waals surface area contributed by atoms with Crippen LogP contribution in [0.15, 0.2) is 34.2 Å². The molecule has 0 aliphatic carbocycles. The quantitative estimate of drug-likeness (QED) is 0.360. The number of aromatic nitrogens is 4. The highest BCUT2D eigenvalue weighted by atomic mass is 32.2. The van der Waals surface area contributed by atoms with Gasteiger partial charge < -0.3 is 19.9 Å². The van der Waals surface area contributed by atoms with Crippen molar-refractivity contribution in [2.75, 3.05) is 18.4 Å². The third-order valence-electron chi connectivity index (χ3n) is 5.00. The molecule has 3 heterocycles. The van der Waals surface area contributed by atoms with E-state index in [-0.39, 0.29) is 29.2 Å². The number of aryl methyl sites for hydroxylation is 2. The SMILES string of the molecule is Cc1nnc(SCC(=O)c2cc(C)n(Cc3ccc4c(c3)OCO4)c2C)n(N)c1=O. The first-order valence-electron chi connectivity index (χ1n) is 9.28. The molecule has 0 fully saturated rings. The number of nitrogens with zero attached hydrogens (tertiary/aromatic N) is 4. The Morgan fingerprint density at radius 1 is 1.17 bits per heavy atom. The van der Waals surface area contributed by atoms with Gasteiger partial charge in [-0.25, -0.2) is 0 Å². The van der Waals surface area contributed by atoms with E-state index in [1.807, 2.05) is 38.1 Å². The monoisotopic (exact) mass is 427 g/mol. The minimum atomic E-state index is -0.429. The van der Waals surface area contributed by atoms with Gasteiger partial charge >= 0.3 is 0 Å². The summed E-state index contributed by atoms with van der Waals surface area (Å²) in [5.74, 6) is 7.24. The van der Waals surface area contributed by atoms with Crippen molar-refractivity contribution in [2.45, 2.75) is 32.5 Å². The molecule has 1 aliphatic heterocycles. The number of Topliss-reactive ketones (excluding diaryl/α,β-unsaturated/α-hetero) is 1. The van der Waals surface area contributed by atoms with Gasteiger partial charge in [0.15, 0.2) is 17.3 Å². The lowest BCUT2D eigenvalue weighted by molar-refractivity contribution is 0.102. The molecule has 0 spiro atoms. The number of fused-ring (bicyclic) bond motifs is 1. The number of thioether (sulfide) groups is 1. The van der Waals surface area contributed by atoms with Gasteiger partial charge in [0.2, 0.25) is 11.9 Å². The Morgan fingerprint density at radius 3 is 2.73 bits per heavy atom. The Hall–Kier alpha value is -3.27. The van der Waals surface area contributed by atoms with Crippen LogP contribution < -0.4 is 20.9 Å². The molecule has 3 aromatic rings. The zero-order valence-corrected chi connectivity index (χ0v) is 17.7. The number of nitrogen functional groups attached to an aromatic ring is 1. The molecule has 0 amide bonds. The predicted octanol–water partition coefficient (Wildman–Crippen LogP) is 1.83. The summed E-state index contributed by atoms with van der Waals surface area (Å²) in [5.41, 5.74) is 3.31. The molecule has 156 valence electrons. The lowest BCUT2D eigenvalue weighted by Crippen LogP contribution is -2.32. The van der Waals surface area contributed by atoms with Gasteiger partial charge in [-0.05, 0) is 44.5 Å². The van der Waals surface area contributed by atoms with Gasteiger partial charge in [0.1, 0.15) is 5.69 Å². The molecule has 0 saturated carbocycles. The van der Waals surface area contributed by atoms with E-state index < -0.39 is 5.56 Å². The lowest BCUT2D eigenvalue weighted by atomic mass is 10.1. The minimum Gasteiger partial charge on any atom is -0.454 e. The molecule has 1 aromatic carbocycles. The number of ketones is 1. The highest BCUT2D eigenvalue weighted by Gasteiger charge is 2.19. The molecule has 0 unspecified atom stereocenters. The maximum absolute atomic E-state index is 12.8. The number of rotatable bonds is 6. The van der Waals surface area contributed by atoms with Gasteiger partial charge in [-0.3, -0.25) is 9.59 Å². The van der Waals surface area contributed by atoms with E-state index in [9.17, 15) is 9.59 Å². The van der Waals surface area contributed by atoms with E-state index in [0.29, 0.717) is 12.1 Å². The van der Waals surface area contributed by atoms with Crippen LogP contribution in [0.4, 0.5) is 0 Å². The molecule has 30 heavy (non-hydrogen) atoms. The lowest BCUT2D eigenvalue weighted by Gasteiger charge is -2.11. The van der Waals surface area contributed by atoms with Crippen LogP contribution in [0.5, 0.6) is 11.5 Å². The van der Waals surface area contributed by atoms with Crippen molar-refractivity contribution in [3.8, 4) is 11.5 Å². The fourth-order valence-electron chi connectivity index (χ4n) is 3.32. The number of hydrogen-bond donors (Lipinski definition) is 1. The number of carbonyl (C=O) groups excluding carboxylic acids is 1. The largest absolute Gasteiger partial charge is 0.454 e. The van der Waals surface area contributed by atoms with Crippen LogP contribution in [0.1, 0.15) is 33.0 Å². The first kappa shape index (κ1) is 20.0. The van der Waals surface area contributed by atoms with Gasteiger partial charge in [0, 0.05) is 23.5 Å². The van der Waals surface area contributed by atoms with Crippen molar-refractivity contribution in [1.82, 2.24) is 19.4 Å². The minimum absolute atomic E-state index is 0.0696. The summed E-state index contributed by atoms with van der Waals surface area (Å²) in [5, 5.41) is 7.89. The number of hydrogen-bond acceptors (Lipinski definition) is 8. The van der Waals surface area contributed by atoms with E-state index in [4.69, 9.17) is 15.3 Å². The summed E-state index contributed by atoms with van der Waals surface area (Å²) < 4.78 is 13.8. The van der Waals surface area contributed by atoms with Crippen molar-refractivity contribution >= 4 is 17.5 Å². The third-order valence-corrected chi connectivity index (χ3v) is 5.95. The summed E-state index contributed by atoms with van der Waals surface area (Å²) >= 11 is 1.09. The van der Waals surface area contributed by atoms with Crippen molar-refractivity contribution in [2.24, 2.45) is 0 Å². The van der Waals surface area contributed by atoms with E-state index in [1.165, 1.54) is 6.92 Å². The Labute approximate surface area is 176 Å².